The predicted molar refractivity (Wildman–Crippen MR) is 65.9 cm³/mol. The second-order valence-corrected chi connectivity index (χ2v) is 4.28. The normalized spacial score (nSPS) is 12.1. The van der Waals surface area contributed by atoms with Crippen molar-refractivity contribution in [2.24, 2.45) is 5.92 Å². The van der Waals surface area contributed by atoms with Gasteiger partial charge in [-0.25, -0.2) is 4.79 Å². The van der Waals surface area contributed by atoms with Gasteiger partial charge in [0.2, 0.25) is 0 Å². The topological polar surface area (TPSA) is 74.6 Å². The van der Waals surface area contributed by atoms with E-state index in [0.717, 1.165) is 25.7 Å². The Labute approximate surface area is 102 Å². The first kappa shape index (κ1) is 15.7. The molecule has 0 heterocycles. The van der Waals surface area contributed by atoms with Gasteiger partial charge in [0.15, 0.2) is 0 Å². The first-order valence-electron chi connectivity index (χ1n) is 6.15. The smallest absolute Gasteiger partial charge is 0.331 e. The van der Waals surface area contributed by atoms with E-state index in [1.165, 1.54) is 12.8 Å². The number of carbonyl (C=O) groups is 2. The fourth-order valence-electron chi connectivity index (χ4n) is 1.72. The van der Waals surface area contributed by atoms with Gasteiger partial charge in [0.05, 0.1) is 5.92 Å². The van der Waals surface area contributed by atoms with E-state index in [2.05, 4.69) is 13.5 Å². The van der Waals surface area contributed by atoms with Crippen molar-refractivity contribution in [1.82, 2.24) is 0 Å². The van der Waals surface area contributed by atoms with Crippen LogP contribution in [0.4, 0.5) is 0 Å². The molecule has 1 atom stereocenters. The minimum absolute atomic E-state index is 0.217. The van der Waals surface area contributed by atoms with Crippen molar-refractivity contribution in [2.75, 3.05) is 0 Å². The largest absolute Gasteiger partial charge is 0.481 e. The van der Waals surface area contributed by atoms with Crippen molar-refractivity contribution in [3.63, 3.8) is 0 Å². The first-order chi connectivity index (χ1) is 8.00. The first-order valence-corrected chi connectivity index (χ1v) is 6.15. The van der Waals surface area contributed by atoms with Crippen molar-refractivity contribution >= 4 is 11.9 Å². The molecule has 17 heavy (non-hydrogen) atoms. The summed E-state index contributed by atoms with van der Waals surface area (Å²) in [5.74, 6) is -3.26. The van der Waals surface area contributed by atoms with E-state index in [1.54, 1.807) is 0 Å². The highest BCUT2D eigenvalue weighted by molar-refractivity contribution is 5.93. The highest BCUT2D eigenvalue weighted by atomic mass is 16.4. The summed E-state index contributed by atoms with van der Waals surface area (Å²) in [5.41, 5.74) is -0.217. The van der Waals surface area contributed by atoms with Crippen molar-refractivity contribution in [3.8, 4) is 0 Å². The van der Waals surface area contributed by atoms with E-state index < -0.39 is 17.9 Å². The summed E-state index contributed by atoms with van der Waals surface area (Å²) in [4.78, 5) is 21.5. The highest BCUT2D eigenvalue weighted by Crippen LogP contribution is 2.19. The average Bonchev–Trinajstić information content (AvgIpc) is 2.26. The number of hydrogen-bond donors (Lipinski definition) is 2. The summed E-state index contributed by atoms with van der Waals surface area (Å²) in [6.45, 7) is 5.46. The van der Waals surface area contributed by atoms with Crippen molar-refractivity contribution < 1.29 is 19.8 Å². The van der Waals surface area contributed by atoms with Gasteiger partial charge in [-0.15, -0.1) is 0 Å². The molecule has 0 aliphatic carbocycles. The Balaban J connectivity index is 3.91. The van der Waals surface area contributed by atoms with Crippen LogP contribution in [-0.4, -0.2) is 22.2 Å². The summed E-state index contributed by atoms with van der Waals surface area (Å²) in [6.07, 6.45) is 6.68. The lowest BCUT2D eigenvalue weighted by molar-refractivity contribution is -0.144. The zero-order chi connectivity index (χ0) is 13.3. The number of carboxylic acids is 2. The summed E-state index contributed by atoms with van der Waals surface area (Å²) in [5, 5.41) is 17.6. The molecule has 0 fully saturated rings. The van der Waals surface area contributed by atoms with Crippen LogP contribution in [0.3, 0.4) is 0 Å². The Hall–Kier alpha value is -1.32. The lowest BCUT2D eigenvalue weighted by atomic mass is 9.94. The zero-order valence-corrected chi connectivity index (χ0v) is 10.4. The van der Waals surface area contributed by atoms with Crippen LogP contribution in [-0.2, 0) is 9.59 Å². The molecule has 0 aromatic rings. The number of rotatable bonds is 10. The molecule has 4 heteroatoms. The monoisotopic (exact) mass is 242 g/mol. The Morgan fingerprint density at radius 2 is 1.59 bits per heavy atom. The molecule has 0 rings (SSSR count). The van der Waals surface area contributed by atoms with Gasteiger partial charge < -0.3 is 10.2 Å². The molecule has 0 aliphatic rings. The van der Waals surface area contributed by atoms with E-state index in [4.69, 9.17) is 10.2 Å². The highest BCUT2D eigenvalue weighted by Gasteiger charge is 2.24. The number of carboxylic acid groups (broad SMARTS) is 2. The molecule has 0 saturated heterocycles. The molecule has 98 valence electrons. The Kier molecular flexibility index (Phi) is 8.11. The maximum Gasteiger partial charge on any atom is 0.331 e. The molecular weight excluding hydrogens is 220 g/mol. The molecule has 1 unspecified atom stereocenters. The molecule has 0 aromatic heterocycles. The van der Waals surface area contributed by atoms with Crippen molar-refractivity contribution in [2.45, 2.75) is 51.9 Å². The van der Waals surface area contributed by atoms with Gasteiger partial charge in [0.1, 0.15) is 0 Å². The van der Waals surface area contributed by atoms with E-state index >= 15 is 0 Å². The van der Waals surface area contributed by atoms with Crippen molar-refractivity contribution in [3.05, 3.63) is 12.2 Å². The minimum atomic E-state index is -1.22. The molecule has 0 aromatic carbocycles. The van der Waals surface area contributed by atoms with Crippen LogP contribution in [0, 0.1) is 5.92 Å². The fraction of sp³-hybridized carbons (Fsp3) is 0.692. The van der Waals surface area contributed by atoms with E-state index in [9.17, 15) is 9.59 Å². The van der Waals surface area contributed by atoms with Crippen LogP contribution in [0.1, 0.15) is 51.9 Å². The third-order valence-electron chi connectivity index (χ3n) is 2.84. The van der Waals surface area contributed by atoms with Crippen LogP contribution in [0.2, 0.25) is 0 Å². The number of hydrogen-bond acceptors (Lipinski definition) is 2. The van der Waals surface area contributed by atoms with Gasteiger partial charge in [-0.3, -0.25) is 4.79 Å². The SMILES string of the molecule is C=C(C(=O)O)C(CCCCCCCC)C(=O)O. The Morgan fingerprint density at radius 3 is 2.06 bits per heavy atom. The van der Waals surface area contributed by atoms with E-state index in [0.29, 0.717) is 6.42 Å². The average molecular weight is 242 g/mol. The summed E-state index contributed by atoms with van der Waals surface area (Å²) in [6, 6.07) is 0. The van der Waals surface area contributed by atoms with Gasteiger partial charge in [0.25, 0.3) is 0 Å². The molecular formula is C13H22O4. The quantitative estimate of drug-likeness (QED) is 0.456. The minimum Gasteiger partial charge on any atom is -0.481 e. The maximum absolute atomic E-state index is 10.9. The van der Waals surface area contributed by atoms with E-state index in [-0.39, 0.29) is 5.57 Å². The lowest BCUT2D eigenvalue weighted by Gasteiger charge is -2.11. The van der Waals surface area contributed by atoms with Gasteiger partial charge in [-0.05, 0) is 6.42 Å². The molecule has 0 amide bonds. The summed E-state index contributed by atoms with van der Waals surface area (Å²) in [7, 11) is 0. The second kappa shape index (κ2) is 8.79. The van der Waals surface area contributed by atoms with Gasteiger partial charge in [-0.2, -0.15) is 0 Å². The van der Waals surface area contributed by atoms with Gasteiger partial charge >= 0.3 is 11.9 Å². The van der Waals surface area contributed by atoms with Crippen molar-refractivity contribution in [1.29, 1.82) is 0 Å². The molecule has 0 spiro atoms. The predicted octanol–water partition coefficient (Wildman–Crippen LogP) is 3.08. The van der Waals surface area contributed by atoms with Gasteiger partial charge in [-0.1, -0.05) is 52.0 Å². The fourth-order valence-corrected chi connectivity index (χ4v) is 1.72. The Morgan fingerprint density at radius 1 is 1.06 bits per heavy atom. The third-order valence-corrected chi connectivity index (χ3v) is 2.84. The van der Waals surface area contributed by atoms with Crippen LogP contribution in [0.25, 0.3) is 0 Å². The molecule has 0 saturated carbocycles. The van der Waals surface area contributed by atoms with Crippen LogP contribution in [0.5, 0.6) is 0 Å². The number of aliphatic carboxylic acids is 2. The van der Waals surface area contributed by atoms with Crippen LogP contribution in [0.15, 0.2) is 12.2 Å². The summed E-state index contributed by atoms with van der Waals surface area (Å²) >= 11 is 0. The molecule has 0 radical (unpaired) electrons. The molecule has 2 N–H and O–H groups in total. The van der Waals surface area contributed by atoms with E-state index in [1.807, 2.05) is 0 Å². The lowest BCUT2D eigenvalue weighted by Crippen LogP contribution is -2.20. The molecule has 0 aliphatic heterocycles. The van der Waals surface area contributed by atoms with Crippen LogP contribution < -0.4 is 0 Å². The van der Waals surface area contributed by atoms with Crippen LogP contribution >= 0.6 is 0 Å². The zero-order valence-electron chi connectivity index (χ0n) is 10.4. The second-order valence-electron chi connectivity index (χ2n) is 4.28. The Bertz CT molecular complexity index is 271. The molecule has 0 bridgehead atoms. The summed E-state index contributed by atoms with van der Waals surface area (Å²) < 4.78 is 0. The van der Waals surface area contributed by atoms with Gasteiger partial charge in [0, 0.05) is 5.57 Å². The number of unbranched alkanes of at least 4 members (excludes halogenated alkanes) is 5. The maximum atomic E-state index is 10.9. The standard InChI is InChI=1S/C13H22O4/c1-3-4-5-6-7-8-9-11(13(16)17)10(2)12(14)15/h11H,2-9H2,1H3,(H,14,15)(H,16,17). The third kappa shape index (κ3) is 6.76. The molecule has 4 nitrogen and oxygen atoms in total.